The third-order valence-corrected chi connectivity index (χ3v) is 3.18. The van der Waals surface area contributed by atoms with Crippen LogP contribution in [0.5, 0.6) is 5.75 Å². The molecule has 0 bridgehead atoms. The van der Waals surface area contributed by atoms with E-state index < -0.39 is 0 Å². The Morgan fingerprint density at radius 2 is 1.88 bits per heavy atom. The molecule has 0 saturated carbocycles. The molecule has 17 heavy (non-hydrogen) atoms. The summed E-state index contributed by atoms with van der Waals surface area (Å²) in [6.07, 6.45) is 0.550. The highest BCUT2D eigenvalue weighted by atomic mass is 16.3. The Kier molecular flexibility index (Phi) is 1.95. The molecule has 0 saturated heterocycles. The molecule has 0 aliphatic heterocycles. The van der Waals surface area contributed by atoms with Crippen LogP contribution in [0.3, 0.4) is 0 Å². The third kappa shape index (κ3) is 1.32. The van der Waals surface area contributed by atoms with Gasteiger partial charge < -0.3 is 10.8 Å². The lowest BCUT2D eigenvalue weighted by atomic mass is 9.84. The molecule has 3 nitrogen and oxygen atoms in total. The van der Waals surface area contributed by atoms with Crippen LogP contribution < -0.4 is 5.73 Å². The molecule has 1 aliphatic rings. The van der Waals surface area contributed by atoms with Gasteiger partial charge in [-0.05, 0) is 17.7 Å². The van der Waals surface area contributed by atoms with Gasteiger partial charge in [0.05, 0.1) is 5.56 Å². The Bertz CT molecular complexity index is 632. The van der Waals surface area contributed by atoms with Crippen molar-refractivity contribution in [1.82, 2.24) is 0 Å². The molecule has 0 spiro atoms. The van der Waals surface area contributed by atoms with E-state index in [4.69, 9.17) is 5.73 Å². The first-order valence-electron chi connectivity index (χ1n) is 5.41. The van der Waals surface area contributed by atoms with Gasteiger partial charge in [-0.25, -0.2) is 0 Å². The van der Waals surface area contributed by atoms with Crippen molar-refractivity contribution in [2.24, 2.45) is 0 Å². The van der Waals surface area contributed by atoms with E-state index >= 15 is 0 Å². The van der Waals surface area contributed by atoms with E-state index in [1.807, 2.05) is 18.2 Å². The van der Waals surface area contributed by atoms with E-state index in [1.165, 1.54) is 6.07 Å². The number of benzene rings is 2. The maximum absolute atomic E-state index is 12.3. The highest BCUT2D eigenvalue weighted by Crippen LogP contribution is 2.35. The van der Waals surface area contributed by atoms with E-state index in [2.05, 4.69) is 0 Å². The number of aromatic hydroxyl groups is 1. The van der Waals surface area contributed by atoms with Crippen LogP contribution in [0.15, 0.2) is 36.4 Å². The van der Waals surface area contributed by atoms with E-state index in [1.54, 1.807) is 12.1 Å². The van der Waals surface area contributed by atoms with E-state index in [9.17, 15) is 9.90 Å². The van der Waals surface area contributed by atoms with Crippen molar-refractivity contribution < 1.29 is 9.90 Å². The molecule has 84 valence electrons. The maximum atomic E-state index is 12.3. The van der Waals surface area contributed by atoms with Gasteiger partial charge in [0.25, 0.3) is 0 Å². The van der Waals surface area contributed by atoms with Gasteiger partial charge in [0.15, 0.2) is 5.78 Å². The van der Waals surface area contributed by atoms with E-state index in [-0.39, 0.29) is 11.5 Å². The highest BCUT2D eigenvalue weighted by molar-refractivity contribution is 6.15. The van der Waals surface area contributed by atoms with Gasteiger partial charge >= 0.3 is 0 Å². The normalized spacial score (nSPS) is 13.1. The molecule has 3 N–H and O–H groups in total. The molecule has 1 aliphatic carbocycles. The summed E-state index contributed by atoms with van der Waals surface area (Å²) in [5.41, 5.74) is 8.95. The molecule has 0 heterocycles. The number of carbonyl (C=O) groups excluding carboxylic acids is 1. The molecule has 2 aromatic carbocycles. The van der Waals surface area contributed by atoms with Gasteiger partial charge in [0.1, 0.15) is 5.75 Å². The highest BCUT2D eigenvalue weighted by Gasteiger charge is 2.26. The summed E-state index contributed by atoms with van der Waals surface area (Å²) < 4.78 is 0. The lowest BCUT2D eigenvalue weighted by molar-refractivity contribution is 0.103. The van der Waals surface area contributed by atoms with Gasteiger partial charge in [0, 0.05) is 23.2 Å². The largest absolute Gasteiger partial charge is 0.508 e. The summed E-state index contributed by atoms with van der Waals surface area (Å²) in [6.45, 7) is 0. The third-order valence-electron chi connectivity index (χ3n) is 3.18. The van der Waals surface area contributed by atoms with Crippen molar-refractivity contribution in [1.29, 1.82) is 0 Å². The number of nitrogen functional groups attached to an aromatic ring is 1. The Balaban J connectivity index is 2.30. The Labute approximate surface area is 98.5 Å². The standard InChI is InChI=1S/C14H11NO2/c15-11-5-6-12(16)10-7-8-3-1-2-4-9(8)14(17)13(10)11/h1-6,16H,7,15H2. The van der Waals surface area contributed by atoms with Crippen LogP contribution in [0.4, 0.5) is 5.69 Å². The minimum atomic E-state index is -0.102. The molecular formula is C14H11NO2. The Morgan fingerprint density at radius 1 is 1.12 bits per heavy atom. The van der Waals surface area contributed by atoms with Gasteiger partial charge in [-0.15, -0.1) is 0 Å². The Morgan fingerprint density at radius 3 is 2.71 bits per heavy atom. The van der Waals surface area contributed by atoms with Crippen LogP contribution in [-0.2, 0) is 6.42 Å². The minimum absolute atomic E-state index is 0.102. The number of carbonyl (C=O) groups is 1. The predicted molar refractivity (Wildman–Crippen MR) is 65.2 cm³/mol. The van der Waals surface area contributed by atoms with Crippen molar-refractivity contribution in [3.8, 4) is 5.75 Å². The summed E-state index contributed by atoms with van der Waals surface area (Å²) in [4.78, 5) is 12.3. The number of ketones is 1. The molecule has 0 radical (unpaired) electrons. The number of phenolic OH excluding ortho intramolecular Hbond substituents is 1. The monoisotopic (exact) mass is 225 g/mol. The van der Waals surface area contributed by atoms with Crippen LogP contribution in [0.2, 0.25) is 0 Å². The van der Waals surface area contributed by atoms with Crippen LogP contribution in [0.25, 0.3) is 0 Å². The van der Waals surface area contributed by atoms with E-state index in [0.29, 0.717) is 28.8 Å². The van der Waals surface area contributed by atoms with Crippen LogP contribution >= 0.6 is 0 Å². The summed E-state index contributed by atoms with van der Waals surface area (Å²) in [5.74, 6) is 0.0345. The molecule has 0 amide bonds. The fourth-order valence-electron chi connectivity index (χ4n) is 2.32. The molecule has 3 heteroatoms. The molecule has 0 fully saturated rings. The molecule has 0 atom stereocenters. The van der Waals surface area contributed by atoms with Gasteiger partial charge in [-0.1, -0.05) is 24.3 Å². The quantitative estimate of drug-likeness (QED) is 0.455. The van der Waals surface area contributed by atoms with Crippen molar-refractivity contribution in [2.45, 2.75) is 6.42 Å². The molecule has 0 aromatic heterocycles. The number of nitrogens with two attached hydrogens (primary N) is 1. The summed E-state index contributed by atoms with van der Waals surface area (Å²) >= 11 is 0. The van der Waals surface area contributed by atoms with E-state index in [0.717, 1.165) is 5.56 Å². The first kappa shape index (κ1) is 9.90. The maximum Gasteiger partial charge on any atom is 0.195 e. The first-order chi connectivity index (χ1) is 8.18. The molecule has 3 rings (SSSR count). The van der Waals surface area contributed by atoms with Crippen molar-refractivity contribution in [2.75, 3.05) is 5.73 Å². The number of rotatable bonds is 0. The van der Waals surface area contributed by atoms with Crippen molar-refractivity contribution >= 4 is 11.5 Å². The number of hydrogen-bond donors (Lipinski definition) is 2. The lowest BCUT2D eigenvalue weighted by Gasteiger charge is -2.20. The summed E-state index contributed by atoms with van der Waals surface area (Å²) in [7, 11) is 0. The second-order valence-corrected chi connectivity index (χ2v) is 4.19. The van der Waals surface area contributed by atoms with Gasteiger partial charge in [-0.3, -0.25) is 4.79 Å². The topological polar surface area (TPSA) is 63.3 Å². The number of hydrogen-bond acceptors (Lipinski definition) is 3. The van der Waals surface area contributed by atoms with Crippen LogP contribution in [0, 0.1) is 0 Å². The van der Waals surface area contributed by atoms with Crippen molar-refractivity contribution in [3.05, 3.63) is 58.7 Å². The zero-order valence-corrected chi connectivity index (χ0v) is 9.10. The molecular weight excluding hydrogens is 214 g/mol. The molecule has 0 unspecified atom stereocenters. The fourth-order valence-corrected chi connectivity index (χ4v) is 2.32. The second kappa shape index (κ2) is 3.35. The minimum Gasteiger partial charge on any atom is -0.508 e. The number of fused-ring (bicyclic) bond motifs is 2. The first-order valence-corrected chi connectivity index (χ1v) is 5.41. The van der Waals surface area contributed by atoms with Crippen molar-refractivity contribution in [3.63, 3.8) is 0 Å². The summed E-state index contributed by atoms with van der Waals surface area (Å²) in [6, 6.07) is 10.5. The lowest BCUT2D eigenvalue weighted by Crippen LogP contribution is -2.17. The fraction of sp³-hybridized carbons (Fsp3) is 0.0714. The van der Waals surface area contributed by atoms with Crippen LogP contribution in [-0.4, -0.2) is 10.9 Å². The number of phenols is 1. The SMILES string of the molecule is Nc1ccc(O)c2c1C(=O)c1ccccc1C2. The molecule has 2 aromatic rings. The zero-order chi connectivity index (χ0) is 12.0. The average molecular weight is 225 g/mol. The van der Waals surface area contributed by atoms with Gasteiger partial charge in [0.2, 0.25) is 0 Å². The Hall–Kier alpha value is -2.29. The smallest absolute Gasteiger partial charge is 0.195 e. The second-order valence-electron chi connectivity index (χ2n) is 4.19. The van der Waals surface area contributed by atoms with Gasteiger partial charge in [-0.2, -0.15) is 0 Å². The number of anilines is 1. The average Bonchev–Trinajstić information content (AvgIpc) is 2.34. The predicted octanol–water partition coefficient (Wildman–Crippen LogP) is 2.11. The van der Waals surface area contributed by atoms with Crippen LogP contribution in [0.1, 0.15) is 27.0 Å². The summed E-state index contributed by atoms with van der Waals surface area (Å²) in [5, 5.41) is 9.82. The zero-order valence-electron chi connectivity index (χ0n) is 9.10.